The van der Waals surface area contributed by atoms with E-state index in [0.717, 1.165) is 0 Å². The molecule has 0 aliphatic rings. The maximum absolute atomic E-state index is 12.3. The summed E-state index contributed by atoms with van der Waals surface area (Å²) in [4.78, 5) is 23.0. The molecule has 0 unspecified atom stereocenters. The van der Waals surface area contributed by atoms with Gasteiger partial charge in [0.25, 0.3) is 0 Å². The van der Waals surface area contributed by atoms with E-state index in [4.69, 9.17) is 4.42 Å². The van der Waals surface area contributed by atoms with Gasteiger partial charge in [-0.05, 0) is 18.2 Å². The molecular formula is C15H9NaO4. The third-order valence-electron chi connectivity index (χ3n) is 3.02. The topological polar surface area (TPSA) is 70.3 Å². The molecule has 0 N–H and O–H groups in total. The first-order valence-corrected chi connectivity index (χ1v) is 5.80. The van der Waals surface area contributed by atoms with E-state index in [2.05, 4.69) is 0 Å². The molecule has 0 saturated heterocycles. The number of carboxylic acid groups (broad SMARTS) is 1. The summed E-state index contributed by atoms with van der Waals surface area (Å²) in [5, 5.41) is 11.6. The normalized spacial score (nSPS) is 10.4. The van der Waals surface area contributed by atoms with Gasteiger partial charge in [0.2, 0.25) is 5.43 Å². The summed E-state index contributed by atoms with van der Waals surface area (Å²) in [6.07, 6.45) is -0.279. The van der Waals surface area contributed by atoms with Crippen LogP contribution in [0, 0.1) is 0 Å². The molecule has 0 aliphatic carbocycles. The number of benzene rings is 2. The molecule has 20 heavy (non-hydrogen) atoms. The van der Waals surface area contributed by atoms with E-state index in [-0.39, 0.29) is 41.4 Å². The summed E-state index contributed by atoms with van der Waals surface area (Å²) in [7, 11) is 0. The van der Waals surface area contributed by atoms with Crippen LogP contribution in [-0.2, 0) is 11.2 Å². The molecule has 0 spiro atoms. The van der Waals surface area contributed by atoms with Crippen LogP contribution in [0.3, 0.4) is 0 Å². The predicted octanol–water partition coefficient (Wildman–Crippen LogP) is -1.76. The van der Waals surface area contributed by atoms with Crippen molar-refractivity contribution >= 4 is 27.9 Å². The van der Waals surface area contributed by atoms with Crippen molar-refractivity contribution in [2.45, 2.75) is 6.42 Å². The molecule has 3 rings (SSSR count). The Hall–Kier alpha value is -1.62. The minimum atomic E-state index is -1.21. The van der Waals surface area contributed by atoms with Gasteiger partial charge in [0.1, 0.15) is 11.2 Å². The van der Waals surface area contributed by atoms with Gasteiger partial charge in [0, 0.05) is 18.0 Å². The van der Waals surface area contributed by atoms with Crippen molar-refractivity contribution in [2.75, 3.05) is 0 Å². The first-order chi connectivity index (χ1) is 9.16. The largest absolute Gasteiger partial charge is 1.00 e. The molecule has 2 aromatic carbocycles. The van der Waals surface area contributed by atoms with Gasteiger partial charge in [-0.2, -0.15) is 0 Å². The molecule has 0 radical (unpaired) electrons. The Balaban J connectivity index is 0.00000147. The van der Waals surface area contributed by atoms with E-state index < -0.39 is 5.97 Å². The van der Waals surface area contributed by atoms with Crippen LogP contribution in [0.15, 0.2) is 51.7 Å². The second-order valence-electron chi connectivity index (χ2n) is 4.27. The number of hydrogen-bond donors (Lipinski definition) is 0. The van der Waals surface area contributed by atoms with Gasteiger partial charge in [-0.15, -0.1) is 0 Å². The van der Waals surface area contributed by atoms with Crippen LogP contribution >= 0.6 is 0 Å². The van der Waals surface area contributed by atoms with Crippen molar-refractivity contribution < 1.29 is 43.9 Å². The van der Waals surface area contributed by atoms with Crippen LogP contribution in [0.25, 0.3) is 21.9 Å². The van der Waals surface area contributed by atoms with Crippen molar-refractivity contribution in [1.82, 2.24) is 0 Å². The van der Waals surface area contributed by atoms with Crippen molar-refractivity contribution in [1.29, 1.82) is 0 Å². The average molecular weight is 276 g/mol. The molecular weight excluding hydrogens is 267 g/mol. The Morgan fingerprint density at radius 3 is 2.50 bits per heavy atom. The van der Waals surface area contributed by atoms with Gasteiger partial charge < -0.3 is 14.3 Å². The van der Waals surface area contributed by atoms with E-state index in [0.29, 0.717) is 27.5 Å². The zero-order valence-corrected chi connectivity index (χ0v) is 12.9. The number of rotatable bonds is 2. The number of carbonyl (C=O) groups is 1. The molecule has 0 aliphatic heterocycles. The number of aliphatic carboxylic acids is 1. The van der Waals surface area contributed by atoms with Gasteiger partial charge in [0.15, 0.2) is 0 Å². The molecule has 0 amide bonds. The van der Waals surface area contributed by atoms with Gasteiger partial charge in [-0.1, -0.05) is 24.3 Å². The fourth-order valence-electron chi connectivity index (χ4n) is 2.18. The number of hydrogen-bond acceptors (Lipinski definition) is 4. The van der Waals surface area contributed by atoms with Crippen LogP contribution in [0.2, 0.25) is 0 Å². The maximum Gasteiger partial charge on any atom is 1.00 e. The molecule has 0 atom stereocenters. The smallest absolute Gasteiger partial charge is 0.550 e. The van der Waals surface area contributed by atoms with E-state index in [9.17, 15) is 14.7 Å². The van der Waals surface area contributed by atoms with Crippen molar-refractivity contribution in [3.63, 3.8) is 0 Å². The number of carbonyl (C=O) groups excluding carboxylic acids is 1. The summed E-state index contributed by atoms with van der Waals surface area (Å²) in [5.41, 5.74) is 1.05. The van der Waals surface area contributed by atoms with Crippen molar-refractivity contribution in [3.8, 4) is 0 Å². The number of para-hydroxylation sites is 2. The zero-order valence-electron chi connectivity index (χ0n) is 10.9. The van der Waals surface area contributed by atoms with Crippen LogP contribution < -0.4 is 40.1 Å². The van der Waals surface area contributed by atoms with Crippen LogP contribution in [0.4, 0.5) is 0 Å². The quantitative estimate of drug-likeness (QED) is 0.411. The van der Waals surface area contributed by atoms with E-state index in [1.807, 2.05) is 0 Å². The third kappa shape index (κ3) is 2.50. The molecule has 3 aromatic rings. The Morgan fingerprint density at radius 2 is 1.75 bits per heavy atom. The Labute approximate surface area is 136 Å². The van der Waals surface area contributed by atoms with Gasteiger partial charge in [-0.3, -0.25) is 4.79 Å². The van der Waals surface area contributed by atoms with Gasteiger partial charge in [0.05, 0.1) is 10.8 Å². The Bertz CT molecular complexity index is 851. The van der Waals surface area contributed by atoms with Gasteiger partial charge >= 0.3 is 29.6 Å². The van der Waals surface area contributed by atoms with Crippen LogP contribution in [0.5, 0.6) is 0 Å². The SMILES string of the molecule is O=C([O-])Cc1cccc2c(=O)c3ccccc3oc12.[Na+]. The summed E-state index contributed by atoms with van der Waals surface area (Å²) < 4.78 is 5.67. The maximum atomic E-state index is 12.3. The minimum absolute atomic E-state index is 0. The van der Waals surface area contributed by atoms with E-state index in [1.54, 1.807) is 42.5 Å². The van der Waals surface area contributed by atoms with E-state index >= 15 is 0 Å². The second kappa shape index (κ2) is 5.79. The predicted molar refractivity (Wildman–Crippen MR) is 68.7 cm³/mol. The van der Waals surface area contributed by atoms with Crippen molar-refractivity contribution in [2.24, 2.45) is 0 Å². The molecule has 0 bridgehead atoms. The third-order valence-corrected chi connectivity index (χ3v) is 3.02. The minimum Gasteiger partial charge on any atom is -0.550 e. The van der Waals surface area contributed by atoms with Crippen molar-refractivity contribution in [3.05, 3.63) is 58.3 Å². The second-order valence-corrected chi connectivity index (χ2v) is 4.27. The Kier molecular flexibility index (Phi) is 4.28. The summed E-state index contributed by atoms with van der Waals surface area (Å²) in [5.74, 6) is -1.21. The fourth-order valence-corrected chi connectivity index (χ4v) is 2.18. The molecule has 0 fully saturated rings. The average Bonchev–Trinajstić information content (AvgIpc) is 2.40. The fraction of sp³-hybridized carbons (Fsp3) is 0.0667. The monoisotopic (exact) mass is 276 g/mol. The summed E-state index contributed by atoms with van der Waals surface area (Å²) in [6, 6.07) is 11.8. The van der Waals surface area contributed by atoms with Crippen LogP contribution in [-0.4, -0.2) is 5.97 Å². The zero-order chi connectivity index (χ0) is 13.4. The summed E-state index contributed by atoms with van der Waals surface area (Å²) in [6.45, 7) is 0. The number of carboxylic acids is 1. The molecule has 94 valence electrons. The van der Waals surface area contributed by atoms with E-state index in [1.165, 1.54) is 0 Å². The van der Waals surface area contributed by atoms with Gasteiger partial charge in [-0.25, -0.2) is 0 Å². The molecule has 5 heteroatoms. The molecule has 1 aromatic heterocycles. The molecule has 1 heterocycles. The summed E-state index contributed by atoms with van der Waals surface area (Å²) >= 11 is 0. The Morgan fingerprint density at radius 1 is 1.05 bits per heavy atom. The first-order valence-electron chi connectivity index (χ1n) is 5.80. The van der Waals surface area contributed by atoms with Crippen LogP contribution in [0.1, 0.15) is 5.56 Å². The standard InChI is InChI=1S/C15H10O4.Na/c16-13(17)8-9-4-3-6-11-14(18)10-5-1-2-7-12(10)19-15(9)11;/h1-7H,8H2,(H,16,17);/q;+1/p-1. The molecule has 4 nitrogen and oxygen atoms in total. The molecule has 0 saturated carbocycles. The number of fused-ring (bicyclic) bond motifs is 2. The first kappa shape index (κ1) is 14.8.